The van der Waals surface area contributed by atoms with Gasteiger partial charge < -0.3 is 4.74 Å². The van der Waals surface area contributed by atoms with E-state index in [-0.39, 0.29) is 10.8 Å². The van der Waals surface area contributed by atoms with E-state index in [4.69, 9.17) is 4.74 Å². The number of fused-ring (bicyclic) bond motifs is 1. The summed E-state index contributed by atoms with van der Waals surface area (Å²) >= 11 is 0. The van der Waals surface area contributed by atoms with E-state index in [0.29, 0.717) is 12.2 Å². The summed E-state index contributed by atoms with van der Waals surface area (Å²) in [7, 11) is 1.66. The largest absolute Gasteiger partial charge is 0.380 e. The Balaban J connectivity index is 1.50. The molecule has 4 heteroatoms. The lowest BCUT2D eigenvalue weighted by Gasteiger charge is -2.02. The Labute approximate surface area is 184 Å². The molecule has 0 spiro atoms. The molecule has 0 saturated heterocycles. The van der Waals surface area contributed by atoms with Crippen molar-refractivity contribution in [2.75, 3.05) is 7.11 Å². The van der Waals surface area contributed by atoms with Crippen molar-refractivity contribution in [3.05, 3.63) is 118 Å². The van der Waals surface area contributed by atoms with Gasteiger partial charge in [-0.3, -0.25) is 0 Å². The first-order valence-electron chi connectivity index (χ1n) is 9.83. The zero-order valence-corrected chi connectivity index (χ0v) is 17.2. The lowest BCUT2D eigenvalue weighted by atomic mass is 10.1. The van der Waals surface area contributed by atoms with Crippen molar-refractivity contribution in [2.45, 2.75) is 6.61 Å². The summed E-state index contributed by atoms with van der Waals surface area (Å²) in [6.45, 7) is 0.571. The molecule has 0 heterocycles. The van der Waals surface area contributed by atoms with Crippen LogP contribution < -0.4 is 0 Å². The fraction of sp³-hybridized carbons (Fsp3) is 0.0714. The van der Waals surface area contributed by atoms with Gasteiger partial charge >= 0.3 is 0 Å². The minimum atomic E-state index is -1.47. The summed E-state index contributed by atoms with van der Waals surface area (Å²) < 4.78 is 45.8. The fourth-order valence-corrected chi connectivity index (χ4v) is 3.16. The van der Waals surface area contributed by atoms with Crippen LogP contribution in [0.3, 0.4) is 0 Å². The molecule has 0 bridgehead atoms. The number of rotatable bonds is 2. The van der Waals surface area contributed by atoms with Crippen LogP contribution in [0.2, 0.25) is 0 Å². The number of hydrogen-bond acceptors (Lipinski definition) is 1. The molecule has 0 unspecified atom stereocenters. The van der Waals surface area contributed by atoms with Crippen LogP contribution >= 0.6 is 0 Å². The summed E-state index contributed by atoms with van der Waals surface area (Å²) in [5.74, 6) is 8.34. The second-order valence-electron chi connectivity index (χ2n) is 7.13. The van der Waals surface area contributed by atoms with Crippen LogP contribution in [0.4, 0.5) is 13.2 Å². The van der Waals surface area contributed by atoms with Gasteiger partial charge in [0.25, 0.3) is 0 Å². The Morgan fingerprint density at radius 2 is 1.12 bits per heavy atom. The van der Waals surface area contributed by atoms with Gasteiger partial charge in [0, 0.05) is 34.7 Å². The Morgan fingerprint density at radius 3 is 1.69 bits per heavy atom. The van der Waals surface area contributed by atoms with Crippen LogP contribution in [0.15, 0.2) is 72.8 Å². The SMILES string of the molecule is COCc1ccc(C#Cc2ccc(C#Cc3ccc4c(F)c(F)c(F)cc4c3)cc2)cc1. The van der Waals surface area contributed by atoms with E-state index in [1.165, 1.54) is 12.1 Å². The number of ether oxygens (including phenoxy) is 1. The maximum atomic E-state index is 13.8. The van der Waals surface area contributed by atoms with Crippen LogP contribution in [-0.2, 0) is 11.3 Å². The topological polar surface area (TPSA) is 9.23 Å². The molecule has 0 amide bonds. The highest BCUT2D eigenvalue weighted by molar-refractivity contribution is 5.84. The van der Waals surface area contributed by atoms with E-state index in [0.717, 1.165) is 28.3 Å². The van der Waals surface area contributed by atoms with E-state index in [2.05, 4.69) is 23.7 Å². The van der Waals surface area contributed by atoms with Gasteiger partial charge in [0.2, 0.25) is 0 Å². The summed E-state index contributed by atoms with van der Waals surface area (Å²) in [6.07, 6.45) is 0. The molecule has 32 heavy (non-hydrogen) atoms. The standard InChI is InChI=1S/C28H17F3O/c1-32-18-23-12-9-21(10-13-23)7-4-19-2-5-20(6-3-19)8-11-22-14-15-25-24(16-22)17-26(29)28(31)27(25)30/h2-3,5-6,9-10,12-17H,18H2,1H3. The molecular weight excluding hydrogens is 409 g/mol. The first-order valence-corrected chi connectivity index (χ1v) is 9.83. The average Bonchev–Trinajstić information content (AvgIpc) is 2.81. The van der Waals surface area contributed by atoms with E-state index in [1.54, 1.807) is 13.2 Å². The normalized spacial score (nSPS) is 10.2. The fourth-order valence-electron chi connectivity index (χ4n) is 3.16. The molecule has 1 nitrogen and oxygen atoms in total. The second kappa shape index (κ2) is 9.43. The third-order valence-corrected chi connectivity index (χ3v) is 4.82. The number of hydrogen-bond donors (Lipinski definition) is 0. The molecule has 0 N–H and O–H groups in total. The van der Waals surface area contributed by atoms with Gasteiger partial charge in [0.1, 0.15) is 0 Å². The highest BCUT2D eigenvalue weighted by Gasteiger charge is 2.13. The van der Waals surface area contributed by atoms with Gasteiger partial charge in [0.05, 0.1) is 6.61 Å². The van der Waals surface area contributed by atoms with Gasteiger partial charge in [-0.15, -0.1) is 0 Å². The molecule has 4 rings (SSSR count). The molecule has 4 aromatic carbocycles. The van der Waals surface area contributed by atoms with Crippen molar-refractivity contribution in [3.8, 4) is 23.7 Å². The first kappa shape index (κ1) is 21.2. The lowest BCUT2D eigenvalue weighted by Crippen LogP contribution is -1.92. The van der Waals surface area contributed by atoms with Gasteiger partial charge in [0.15, 0.2) is 17.5 Å². The number of benzene rings is 4. The Hall–Kier alpha value is -3.99. The number of methoxy groups -OCH3 is 1. The molecule has 0 aromatic heterocycles. The molecule has 0 aliphatic heterocycles. The smallest absolute Gasteiger partial charge is 0.195 e. The zero-order chi connectivity index (χ0) is 22.5. The minimum absolute atomic E-state index is 0.0192. The molecule has 4 aromatic rings. The third-order valence-electron chi connectivity index (χ3n) is 4.82. The molecule has 156 valence electrons. The summed E-state index contributed by atoms with van der Waals surface area (Å²) in [6, 6.07) is 20.8. The van der Waals surface area contributed by atoms with E-state index in [1.807, 2.05) is 48.5 Å². The maximum Gasteiger partial charge on any atom is 0.195 e. The van der Waals surface area contributed by atoms with Crippen LogP contribution in [0.1, 0.15) is 27.8 Å². The molecular formula is C28H17F3O. The van der Waals surface area contributed by atoms with Gasteiger partial charge in [-0.2, -0.15) is 0 Å². The first-order chi connectivity index (χ1) is 15.5. The molecule has 0 fully saturated rings. The molecule has 0 radical (unpaired) electrons. The van der Waals surface area contributed by atoms with Crippen molar-refractivity contribution < 1.29 is 17.9 Å². The predicted octanol–water partition coefficient (Wildman–Crippen LogP) is 6.20. The molecule has 0 aliphatic rings. The highest BCUT2D eigenvalue weighted by Crippen LogP contribution is 2.23. The van der Waals surface area contributed by atoms with Gasteiger partial charge in [-0.1, -0.05) is 41.9 Å². The van der Waals surface area contributed by atoms with E-state index >= 15 is 0 Å². The van der Waals surface area contributed by atoms with Crippen LogP contribution in [0.5, 0.6) is 0 Å². The van der Waals surface area contributed by atoms with Gasteiger partial charge in [-0.05, 0) is 65.5 Å². The van der Waals surface area contributed by atoms with Crippen LogP contribution in [-0.4, -0.2) is 7.11 Å². The van der Waals surface area contributed by atoms with Crippen LogP contribution in [0, 0.1) is 41.1 Å². The Bertz CT molecular complexity index is 1400. The zero-order valence-electron chi connectivity index (χ0n) is 17.2. The van der Waals surface area contributed by atoms with Crippen molar-refractivity contribution in [1.82, 2.24) is 0 Å². The highest BCUT2D eigenvalue weighted by atomic mass is 19.2. The minimum Gasteiger partial charge on any atom is -0.380 e. The lowest BCUT2D eigenvalue weighted by molar-refractivity contribution is 0.185. The third kappa shape index (κ3) is 4.83. The van der Waals surface area contributed by atoms with Crippen molar-refractivity contribution in [1.29, 1.82) is 0 Å². The van der Waals surface area contributed by atoms with E-state index in [9.17, 15) is 13.2 Å². The predicted molar refractivity (Wildman–Crippen MR) is 119 cm³/mol. The van der Waals surface area contributed by atoms with Crippen molar-refractivity contribution in [3.63, 3.8) is 0 Å². The van der Waals surface area contributed by atoms with E-state index < -0.39 is 17.5 Å². The van der Waals surface area contributed by atoms with Crippen LogP contribution in [0.25, 0.3) is 10.8 Å². The number of halogens is 3. The maximum absolute atomic E-state index is 13.8. The Kier molecular flexibility index (Phi) is 6.26. The second-order valence-corrected chi connectivity index (χ2v) is 7.13. The average molecular weight is 426 g/mol. The summed E-state index contributed by atoms with van der Waals surface area (Å²) in [4.78, 5) is 0. The monoisotopic (exact) mass is 426 g/mol. The van der Waals surface area contributed by atoms with Crippen molar-refractivity contribution >= 4 is 10.8 Å². The Morgan fingerprint density at radius 1 is 0.625 bits per heavy atom. The molecule has 0 saturated carbocycles. The molecule has 0 atom stereocenters. The molecule has 0 aliphatic carbocycles. The quantitative estimate of drug-likeness (QED) is 0.274. The summed E-state index contributed by atoms with van der Waals surface area (Å²) in [5, 5.41) is 0.278. The van der Waals surface area contributed by atoms with Gasteiger partial charge in [-0.25, -0.2) is 13.2 Å². The van der Waals surface area contributed by atoms with Crippen molar-refractivity contribution in [2.24, 2.45) is 0 Å². The summed E-state index contributed by atoms with van der Waals surface area (Å²) in [5.41, 5.74) is 4.21.